The van der Waals surface area contributed by atoms with Gasteiger partial charge in [0.1, 0.15) is 18.3 Å². The van der Waals surface area contributed by atoms with E-state index in [1.54, 1.807) is 13.8 Å². The average molecular weight is 447 g/mol. The molecule has 0 spiro atoms. The quantitative estimate of drug-likeness (QED) is 0.508. The maximum Gasteiger partial charge on any atom is 0.335 e. The summed E-state index contributed by atoms with van der Waals surface area (Å²) in [5.41, 5.74) is -1.40. The second kappa shape index (κ2) is 9.86. The summed E-state index contributed by atoms with van der Waals surface area (Å²) in [5.74, 6) is 0. The fraction of sp³-hybridized carbons (Fsp3) is 0.778. The van der Waals surface area contributed by atoms with E-state index in [1.165, 1.54) is 23.9 Å². The van der Waals surface area contributed by atoms with Gasteiger partial charge in [-0.3, -0.25) is 23.8 Å². The van der Waals surface area contributed by atoms with Crippen LogP contribution >= 0.6 is 7.60 Å². The molecule has 3 heterocycles. The molecule has 3 unspecified atom stereocenters. The van der Waals surface area contributed by atoms with E-state index in [1.807, 2.05) is 4.90 Å². The molecule has 2 aliphatic rings. The Balaban J connectivity index is 1.69. The third kappa shape index (κ3) is 4.77. The predicted octanol–water partition coefficient (Wildman–Crippen LogP) is 0.150. The van der Waals surface area contributed by atoms with Crippen LogP contribution in [0.1, 0.15) is 26.5 Å². The third-order valence-electron chi connectivity index (χ3n) is 5.46. The van der Waals surface area contributed by atoms with Crippen molar-refractivity contribution < 1.29 is 28.2 Å². The standard InChI is InChI=1S/C18H30N3O8P/c1-4-27-30(25,28-5-2)12-6-8-20(10-12)11-13-15(23)16(26-3)17(29-13)21-9-7-14(22)19-18(21)24/h7,9,12-13,15-17,23H,4-6,8,10-11H2,1-3H3,(H,19,22,24)/t12?,13-,15?,16?,17-/m1/s1. The highest BCUT2D eigenvalue weighted by molar-refractivity contribution is 7.54. The number of hydrogen-bond acceptors (Lipinski definition) is 9. The highest BCUT2D eigenvalue weighted by Gasteiger charge is 2.47. The van der Waals surface area contributed by atoms with E-state index in [9.17, 15) is 19.3 Å². The summed E-state index contributed by atoms with van der Waals surface area (Å²) in [6.07, 6.45) is -1.30. The van der Waals surface area contributed by atoms with E-state index in [4.69, 9.17) is 18.5 Å². The number of hydrogen-bond donors (Lipinski definition) is 2. The van der Waals surface area contributed by atoms with Gasteiger partial charge in [0.25, 0.3) is 5.56 Å². The van der Waals surface area contributed by atoms with Gasteiger partial charge in [-0.2, -0.15) is 0 Å². The van der Waals surface area contributed by atoms with Crippen LogP contribution in [0.5, 0.6) is 0 Å². The SMILES string of the molecule is CCOP(=O)(OCC)C1CCN(C[C@H]2O[C@@H](n3ccc(=O)[nH]c3=O)C(OC)C2O)C1. The zero-order chi connectivity index (χ0) is 21.9. The average Bonchev–Trinajstić information content (AvgIpc) is 3.28. The van der Waals surface area contributed by atoms with E-state index >= 15 is 0 Å². The van der Waals surface area contributed by atoms with Crippen molar-refractivity contribution in [2.45, 2.75) is 50.5 Å². The molecular formula is C18H30N3O8P. The molecule has 2 fully saturated rings. The maximum atomic E-state index is 13.0. The summed E-state index contributed by atoms with van der Waals surface area (Å²) >= 11 is 0. The van der Waals surface area contributed by atoms with Gasteiger partial charge in [0.05, 0.1) is 18.9 Å². The van der Waals surface area contributed by atoms with Crippen molar-refractivity contribution in [3.63, 3.8) is 0 Å². The zero-order valence-corrected chi connectivity index (χ0v) is 18.3. The molecule has 2 saturated heterocycles. The number of ether oxygens (including phenoxy) is 2. The third-order valence-corrected chi connectivity index (χ3v) is 8.01. The molecule has 0 aromatic carbocycles. The minimum atomic E-state index is -3.20. The van der Waals surface area contributed by atoms with Crippen LogP contribution in [0.25, 0.3) is 0 Å². The van der Waals surface area contributed by atoms with Gasteiger partial charge in [-0.15, -0.1) is 0 Å². The molecule has 170 valence electrons. The monoisotopic (exact) mass is 447 g/mol. The number of likely N-dealkylation sites (tertiary alicyclic amines) is 1. The minimum Gasteiger partial charge on any atom is -0.387 e. The van der Waals surface area contributed by atoms with Crippen LogP contribution in [0.15, 0.2) is 21.9 Å². The predicted molar refractivity (Wildman–Crippen MR) is 108 cm³/mol. The fourth-order valence-corrected chi connectivity index (χ4v) is 6.15. The molecule has 1 aromatic rings. The number of aliphatic hydroxyl groups excluding tert-OH is 1. The van der Waals surface area contributed by atoms with E-state index in [0.717, 1.165) is 0 Å². The lowest BCUT2D eigenvalue weighted by Gasteiger charge is -2.25. The molecule has 5 atom stereocenters. The minimum absolute atomic E-state index is 0.244. The maximum absolute atomic E-state index is 13.0. The smallest absolute Gasteiger partial charge is 0.335 e. The number of aromatic amines is 1. The second-order valence-electron chi connectivity index (χ2n) is 7.35. The zero-order valence-electron chi connectivity index (χ0n) is 17.4. The molecule has 0 bridgehead atoms. The molecule has 11 nitrogen and oxygen atoms in total. The van der Waals surface area contributed by atoms with Crippen molar-refractivity contribution in [1.82, 2.24) is 14.5 Å². The first kappa shape index (κ1) is 23.3. The van der Waals surface area contributed by atoms with Crippen molar-refractivity contribution in [3.8, 4) is 0 Å². The Hall–Kier alpha value is -1.33. The lowest BCUT2D eigenvalue weighted by atomic mass is 10.1. The van der Waals surface area contributed by atoms with Gasteiger partial charge in [-0.1, -0.05) is 0 Å². The van der Waals surface area contributed by atoms with Gasteiger partial charge in [0.2, 0.25) is 0 Å². The molecule has 1 aromatic heterocycles. The Morgan fingerprint density at radius 1 is 1.30 bits per heavy atom. The summed E-state index contributed by atoms with van der Waals surface area (Å²) in [6.45, 7) is 5.69. The molecule has 0 amide bonds. The Kier molecular flexibility index (Phi) is 7.67. The molecular weight excluding hydrogens is 417 g/mol. The number of nitrogens with zero attached hydrogens (tertiary/aromatic N) is 2. The summed E-state index contributed by atoms with van der Waals surface area (Å²) in [5, 5.41) is 10.7. The van der Waals surface area contributed by atoms with Gasteiger partial charge in [-0.25, -0.2) is 4.79 Å². The van der Waals surface area contributed by atoms with E-state index in [0.29, 0.717) is 39.3 Å². The fourth-order valence-electron chi connectivity index (χ4n) is 4.07. The Morgan fingerprint density at radius 2 is 2.00 bits per heavy atom. The summed E-state index contributed by atoms with van der Waals surface area (Å²) < 4.78 is 36.5. The summed E-state index contributed by atoms with van der Waals surface area (Å²) in [4.78, 5) is 27.7. The first-order chi connectivity index (χ1) is 14.3. The molecule has 2 aliphatic heterocycles. The lowest BCUT2D eigenvalue weighted by molar-refractivity contribution is -0.0575. The van der Waals surface area contributed by atoms with Crippen molar-refractivity contribution in [1.29, 1.82) is 0 Å². The van der Waals surface area contributed by atoms with Crippen LogP contribution in [0.2, 0.25) is 0 Å². The first-order valence-electron chi connectivity index (χ1n) is 10.1. The van der Waals surface area contributed by atoms with Gasteiger partial charge >= 0.3 is 13.3 Å². The molecule has 2 N–H and O–H groups in total. The summed E-state index contributed by atoms with van der Waals surface area (Å²) in [6, 6.07) is 1.21. The molecule has 30 heavy (non-hydrogen) atoms. The molecule has 3 rings (SSSR count). The van der Waals surface area contributed by atoms with Gasteiger partial charge in [0, 0.05) is 32.5 Å². The van der Waals surface area contributed by atoms with Crippen LogP contribution in [-0.4, -0.2) is 83.5 Å². The number of rotatable bonds is 9. The van der Waals surface area contributed by atoms with Crippen molar-refractivity contribution in [2.24, 2.45) is 0 Å². The van der Waals surface area contributed by atoms with Gasteiger partial charge in [-0.05, 0) is 26.8 Å². The first-order valence-corrected chi connectivity index (χ1v) is 11.7. The number of nitrogens with one attached hydrogen (secondary N) is 1. The highest BCUT2D eigenvalue weighted by Crippen LogP contribution is 2.55. The topological polar surface area (TPSA) is 132 Å². The molecule has 0 aliphatic carbocycles. The second-order valence-corrected chi connectivity index (χ2v) is 9.68. The van der Waals surface area contributed by atoms with Gasteiger partial charge < -0.3 is 23.6 Å². The molecule has 0 saturated carbocycles. The summed E-state index contributed by atoms with van der Waals surface area (Å²) in [7, 11) is -1.78. The van der Waals surface area contributed by atoms with Crippen LogP contribution in [0.3, 0.4) is 0 Å². The van der Waals surface area contributed by atoms with E-state index in [2.05, 4.69) is 4.98 Å². The van der Waals surface area contributed by atoms with Crippen LogP contribution in [0, 0.1) is 0 Å². The lowest BCUT2D eigenvalue weighted by Crippen LogP contribution is -2.40. The number of aliphatic hydroxyl groups is 1. The largest absolute Gasteiger partial charge is 0.387 e. The number of aromatic nitrogens is 2. The van der Waals surface area contributed by atoms with Crippen LogP contribution in [0.4, 0.5) is 0 Å². The van der Waals surface area contributed by atoms with Crippen LogP contribution in [-0.2, 0) is 23.1 Å². The highest BCUT2D eigenvalue weighted by atomic mass is 31.2. The Labute approximate surface area is 174 Å². The van der Waals surface area contributed by atoms with Crippen LogP contribution < -0.4 is 11.2 Å². The van der Waals surface area contributed by atoms with Crippen molar-refractivity contribution >= 4 is 7.60 Å². The van der Waals surface area contributed by atoms with E-state index < -0.39 is 43.4 Å². The Bertz CT molecular complexity index is 863. The van der Waals surface area contributed by atoms with Crippen molar-refractivity contribution in [2.75, 3.05) is 40.0 Å². The molecule has 12 heteroatoms. The Morgan fingerprint density at radius 3 is 2.60 bits per heavy atom. The van der Waals surface area contributed by atoms with E-state index in [-0.39, 0.29) is 5.66 Å². The van der Waals surface area contributed by atoms with Gasteiger partial charge in [0.15, 0.2) is 6.23 Å². The molecule has 0 radical (unpaired) electrons. The number of H-pyrrole nitrogens is 1. The normalized spacial score (nSPS) is 30.2. The number of methoxy groups -OCH3 is 1. The van der Waals surface area contributed by atoms with Crippen molar-refractivity contribution in [3.05, 3.63) is 33.1 Å².